The average molecular weight is 387 g/mol. The number of nitrogens with zero attached hydrogens (tertiary/aromatic N) is 3. The molecule has 5 aromatic rings. The van der Waals surface area contributed by atoms with Crippen molar-refractivity contribution >= 4 is 33.8 Å². The first-order valence-electron chi connectivity index (χ1n) is 8.33. The van der Waals surface area contributed by atoms with E-state index in [1.807, 2.05) is 41.1 Å². The number of benzene rings is 1. The van der Waals surface area contributed by atoms with Gasteiger partial charge in [0, 0.05) is 11.8 Å². The van der Waals surface area contributed by atoms with Gasteiger partial charge in [-0.1, -0.05) is 24.3 Å². The maximum absolute atomic E-state index is 9.50. The zero-order valence-electron chi connectivity index (χ0n) is 14.0. The highest BCUT2D eigenvalue weighted by Crippen LogP contribution is 2.35. The van der Waals surface area contributed by atoms with Gasteiger partial charge >= 0.3 is 0 Å². The van der Waals surface area contributed by atoms with Crippen molar-refractivity contribution in [3.8, 4) is 38.0 Å². The number of phenols is 1. The molecule has 5 rings (SSSR count). The molecule has 4 aromatic heterocycles. The van der Waals surface area contributed by atoms with E-state index in [1.54, 1.807) is 41.0 Å². The summed E-state index contributed by atoms with van der Waals surface area (Å²) in [6.45, 7) is 0. The van der Waals surface area contributed by atoms with Gasteiger partial charge in [-0.3, -0.25) is 0 Å². The van der Waals surface area contributed by atoms with E-state index in [0.717, 1.165) is 37.8 Å². The fourth-order valence-electron chi connectivity index (χ4n) is 2.93. The summed E-state index contributed by atoms with van der Waals surface area (Å²) in [4.78, 5) is 16.5. The minimum atomic E-state index is 0.243. The van der Waals surface area contributed by atoms with Gasteiger partial charge in [0.05, 0.1) is 9.75 Å². The Kier molecular flexibility index (Phi) is 3.92. The first kappa shape index (κ1) is 16.1. The third-order valence-corrected chi connectivity index (χ3v) is 5.98. The molecule has 1 aromatic carbocycles. The van der Waals surface area contributed by atoms with Crippen LogP contribution in [0.5, 0.6) is 5.75 Å². The molecule has 6 heteroatoms. The molecule has 0 unspecified atom stereocenters. The molecule has 0 saturated heterocycles. The van der Waals surface area contributed by atoms with Crippen molar-refractivity contribution in [2.75, 3.05) is 0 Å². The van der Waals surface area contributed by atoms with Gasteiger partial charge in [0.2, 0.25) is 0 Å². The Labute approximate surface area is 163 Å². The lowest BCUT2D eigenvalue weighted by molar-refractivity contribution is 0.475. The lowest BCUT2D eigenvalue weighted by atomic mass is 10.1. The van der Waals surface area contributed by atoms with Crippen molar-refractivity contribution in [3.05, 3.63) is 71.6 Å². The normalized spacial score (nSPS) is 11.1. The molecule has 4 nitrogen and oxygen atoms in total. The van der Waals surface area contributed by atoms with Gasteiger partial charge < -0.3 is 5.11 Å². The van der Waals surface area contributed by atoms with Crippen LogP contribution < -0.4 is 0 Å². The van der Waals surface area contributed by atoms with Gasteiger partial charge in [-0.05, 0) is 46.7 Å². The summed E-state index contributed by atoms with van der Waals surface area (Å²) in [5, 5.41) is 13.6. The number of phenolic OH excluding ortho intramolecular Hbond substituents is 1. The Morgan fingerprint density at radius 3 is 2.04 bits per heavy atom. The molecule has 0 bridgehead atoms. The molecule has 0 amide bonds. The van der Waals surface area contributed by atoms with Crippen molar-refractivity contribution in [1.82, 2.24) is 15.0 Å². The van der Waals surface area contributed by atoms with Crippen LogP contribution in [0.1, 0.15) is 0 Å². The van der Waals surface area contributed by atoms with Crippen LogP contribution in [0.4, 0.5) is 0 Å². The van der Waals surface area contributed by atoms with Crippen LogP contribution in [-0.2, 0) is 0 Å². The fraction of sp³-hybridized carbons (Fsp3) is 0. The van der Waals surface area contributed by atoms with Gasteiger partial charge in [0.25, 0.3) is 0 Å². The molecular formula is C21H13N3OS2. The summed E-state index contributed by atoms with van der Waals surface area (Å²) in [6.07, 6.45) is 1.80. The number of fused-ring (bicyclic) bond motifs is 1. The van der Waals surface area contributed by atoms with Gasteiger partial charge in [-0.2, -0.15) is 0 Å². The Bertz CT molecular complexity index is 1210. The lowest BCUT2D eigenvalue weighted by Crippen LogP contribution is -1.95. The molecule has 0 fully saturated rings. The first-order chi connectivity index (χ1) is 13.3. The van der Waals surface area contributed by atoms with Crippen molar-refractivity contribution in [2.45, 2.75) is 0 Å². The summed E-state index contributed by atoms with van der Waals surface area (Å²) in [6, 6.07) is 17.2. The molecule has 0 aliphatic rings. The van der Waals surface area contributed by atoms with Gasteiger partial charge in [-0.25, -0.2) is 15.0 Å². The quantitative estimate of drug-likeness (QED) is 0.421. The lowest BCUT2D eigenvalue weighted by Gasteiger charge is -2.08. The molecule has 0 spiro atoms. The van der Waals surface area contributed by atoms with Crippen LogP contribution in [0, 0.1) is 0 Å². The number of thiophene rings is 2. The van der Waals surface area contributed by atoms with Gasteiger partial charge in [-0.15, -0.1) is 22.7 Å². The number of hydrogen-bond donors (Lipinski definition) is 1. The third kappa shape index (κ3) is 2.99. The van der Waals surface area contributed by atoms with E-state index in [4.69, 9.17) is 9.97 Å². The predicted molar refractivity (Wildman–Crippen MR) is 111 cm³/mol. The zero-order chi connectivity index (χ0) is 18.2. The highest BCUT2D eigenvalue weighted by Gasteiger charge is 2.15. The van der Waals surface area contributed by atoms with Crippen LogP contribution in [0.3, 0.4) is 0 Å². The van der Waals surface area contributed by atoms with Crippen LogP contribution in [-0.4, -0.2) is 20.1 Å². The molecular weight excluding hydrogens is 374 g/mol. The maximum Gasteiger partial charge on any atom is 0.178 e. The second kappa shape index (κ2) is 6.57. The summed E-state index contributed by atoms with van der Waals surface area (Å²) < 4.78 is 0. The summed E-state index contributed by atoms with van der Waals surface area (Å²) >= 11 is 3.30. The highest BCUT2D eigenvalue weighted by atomic mass is 32.1. The van der Waals surface area contributed by atoms with E-state index in [9.17, 15) is 5.11 Å². The zero-order valence-corrected chi connectivity index (χ0v) is 15.7. The summed E-state index contributed by atoms with van der Waals surface area (Å²) in [5.74, 6) is 0.243. The average Bonchev–Trinajstić information content (AvgIpc) is 3.41. The van der Waals surface area contributed by atoms with Crippen molar-refractivity contribution in [2.24, 2.45) is 0 Å². The van der Waals surface area contributed by atoms with E-state index in [0.29, 0.717) is 5.65 Å². The Morgan fingerprint density at radius 1 is 0.741 bits per heavy atom. The Hall–Kier alpha value is -3.09. The van der Waals surface area contributed by atoms with Crippen molar-refractivity contribution in [1.29, 1.82) is 0 Å². The molecule has 130 valence electrons. The number of pyridine rings is 1. The van der Waals surface area contributed by atoms with Crippen LogP contribution in [0.2, 0.25) is 0 Å². The minimum Gasteiger partial charge on any atom is -0.508 e. The molecule has 0 saturated carbocycles. The molecule has 27 heavy (non-hydrogen) atoms. The van der Waals surface area contributed by atoms with E-state index in [-0.39, 0.29) is 5.75 Å². The largest absolute Gasteiger partial charge is 0.508 e. The van der Waals surface area contributed by atoms with Crippen LogP contribution in [0.25, 0.3) is 43.4 Å². The van der Waals surface area contributed by atoms with Crippen molar-refractivity contribution in [3.63, 3.8) is 0 Å². The first-order valence-corrected chi connectivity index (χ1v) is 10.1. The van der Waals surface area contributed by atoms with Crippen LogP contribution >= 0.6 is 22.7 Å². The van der Waals surface area contributed by atoms with E-state index >= 15 is 0 Å². The van der Waals surface area contributed by atoms with Crippen LogP contribution in [0.15, 0.2) is 71.6 Å². The Balaban J connectivity index is 1.72. The van der Waals surface area contributed by atoms with Gasteiger partial charge in [0.15, 0.2) is 5.65 Å². The second-order valence-electron chi connectivity index (χ2n) is 5.99. The number of hydrogen-bond acceptors (Lipinski definition) is 6. The molecule has 0 aliphatic heterocycles. The number of aromatic nitrogens is 3. The van der Waals surface area contributed by atoms with E-state index in [1.165, 1.54) is 0 Å². The molecule has 0 atom stereocenters. The maximum atomic E-state index is 9.50. The summed E-state index contributed by atoms with van der Waals surface area (Å²) in [7, 11) is 0. The van der Waals surface area contributed by atoms with Gasteiger partial charge in [0.1, 0.15) is 22.7 Å². The monoisotopic (exact) mass is 387 g/mol. The van der Waals surface area contributed by atoms with Crippen molar-refractivity contribution < 1.29 is 5.11 Å². The predicted octanol–water partition coefficient (Wildman–Crippen LogP) is 5.85. The fourth-order valence-corrected chi connectivity index (χ4v) is 4.36. The summed E-state index contributed by atoms with van der Waals surface area (Å²) in [5.41, 5.74) is 5.04. The number of aromatic hydroxyl groups is 1. The molecule has 4 heterocycles. The van der Waals surface area contributed by atoms with E-state index in [2.05, 4.69) is 17.1 Å². The standard InChI is InChI=1S/C21H13N3OS2/c25-15-7-5-13(6-8-15)14-11-16-21(22-12-14)24-20(18-4-2-10-27-18)19(23-16)17-3-1-9-26-17/h1-12,25H. The Morgan fingerprint density at radius 2 is 1.41 bits per heavy atom. The molecule has 1 N–H and O–H groups in total. The third-order valence-electron chi connectivity index (χ3n) is 4.23. The molecule has 0 radical (unpaired) electrons. The minimum absolute atomic E-state index is 0.243. The smallest absolute Gasteiger partial charge is 0.178 e. The molecule has 0 aliphatic carbocycles. The highest BCUT2D eigenvalue weighted by molar-refractivity contribution is 7.14. The second-order valence-corrected chi connectivity index (χ2v) is 7.88. The topological polar surface area (TPSA) is 58.9 Å². The number of rotatable bonds is 3. The van der Waals surface area contributed by atoms with E-state index < -0.39 is 0 Å². The SMILES string of the molecule is Oc1ccc(-c2cnc3nc(-c4cccs4)c(-c4cccs4)nc3c2)cc1.